The van der Waals surface area contributed by atoms with Gasteiger partial charge in [-0.1, -0.05) is 0 Å². The Hall–Kier alpha value is -2.79. The summed E-state index contributed by atoms with van der Waals surface area (Å²) in [6, 6.07) is 6.85. The Kier molecular flexibility index (Phi) is 5.55. The summed E-state index contributed by atoms with van der Waals surface area (Å²) in [5, 5.41) is 0.704. The molecule has 0 atom stereocenters. The topological polar surface area (TPSA) is 113 Å². The number of fused-ring (bicyclic) bond motifs is 1. The monoisotopic (exact) mass is 518 g/mol. The van der Waals surface area contributed by atoms with Crippen molar-refractivity contribution in [1.29, 1.82) is 0 Å². The molecule has 35 heavy (non-hydrogen) atoms. The Balaban J connectivity index is 1.77. The van der Waals surface area contributed by atoms with Crippen LogP contribution in [0.15, 0.2) is 41.5 Å². The Morgan fingerprint density at radius 3 is 2.29 bits per heavy atom. The van der Waals surface area contributed by atoms with Crippen LogP contribution in [0.1, 0.15) is 33.1 Å². The predicted molar refractivity (Wildman–Crippen MR) is 139 cm³/mol. The summed E-state index contributed by atoms with van der Waals surface area (Å²) in [7, 11) is -6.53. The number of hydrogen-bond donors (Lipinski definition) is 1. The Morgan fingerprint density at radius 2 is 1.69 bits per heavy atom. The molecule has 3 aromatic rings. The molecular formula is C24H30N4O5S2. The number of anilines is 2. The number of H-pyrrole nitrogens is 1. The van der Waals surface area contributed by atoms with E-state index >= 15 is 0 Å². The molecule has 11 heteroatoms. The van der Waals surface area contributed by atoms with Crippen molar-refractivity contribution in [1.82, 2.24) is 9.55 Å². The first kappa shape index (κ1) is 23.9. The van der Waals surface area contributed by atoms with E-state index in [4.69, 9.17) is 0 Å². The number of aromatic nitrogens is 2. The van der Waals surface area contributed by atoms with Crippen LogP contribution < -0.4 is 14.2 Å². The number of sulfonamides is 2. The summed E-state index contributed by atoms with van der Waals surface area (Å²) in [5.74, 6) is -0.695. The number of aryl methyl sites for hydroxylation is 1. The molecule has 1 N–H and O–H groups in total. The minimum Gasteiger partial charge on any atom is -0.370 e. The van der Waals surface area contributed by atoms with Crippen molar-refractivity contribution in [2.75, 3.05) is 33.2 Å². The number of nitrogens with zero attached hydrogens (tertiary/aromatic N) is 3. The van der Waals surface area contributed by atoms with Crippen LogP contribution in [0.5, 0.6) is 0 Å². The molecule has 9 nitrogen and oxygen atoms in total. The molecule has 5 rings (SSSR count). The van der Waals surface area contributed by atoms with Crippen LogP contribution in [0.3, 0.4) is 0 Å². The first-order chi connectivity index (χ1) is 16.5. The molecule has 1 aromatic carbocycles. The third kappa shape index (κ3) is 3.94. The van der Waals surface area contributed by atoms with Crippen LogP contribution in [-0.4, -0.2) is 51.0 Å². The van der Waals surface area contributed by atoms with E-state index in [1.165, 1.54) is 31.3 Å². The van der Waals surface area contributed by atoms with Crippen LogP contribution in [-0.2, 0) is 27.1 Å². The van der Waals surface area contributed by atoms with E-state index < -0.39 is 20.0 Å². The Morgan fingerprint density at radius 1 is 1.00 bits per heavy atom. The number of hydrogen-bond acceptors (Lipinski definition) is 6. The number of aromatic amines is 1. The van der Waals surface area contributed by atoms with Crippen molar-refractivity contribution in [3.05, 3.63) is 47.0 Å². The third-order valence-corrected chi connectivity index (χ3v) is 11.6. The molecule has 3 heterocycles. The van der Waals surface area contributed by atoms with Crippen LogP contribution in [0, 0.1) is 5.41 Å². The Bertz CT molecular complexity index is 1550. The zero-order valence-corrected chi connectivity index (χ0v) is 21.7. The second-order valence-electron chi connectivity index (χ2n) is 9.60. The van der Waals surface area contributed by atoms with Gasteiger partial charge < -0.3 is 14.5 Å². The van der Waals surface area contributed by atoms with Crippen molar-refractivity contribution in [3.63, 3.8) is 0 Å². The molecule has 1 saturated heterocycles. The van der Waals surface area contributed by atoms with E-state index in [1.807, 2.05) is 12.1 Å². The maximum atomic E-state index is 12.9. The normalized spacial score (nSPS) is 17.4. The minimum absolute atomic E-state index is 0.0744. The second-order valence-corrected chi connectivity index (χ2v) is 14.0. The highest BCUT2D eigenvalue weighted by atomic mass is 32.3. The van der Waals surface area contributed by atoms with Crippen LogP contribution >= 0.6 is 0 Å². The summed E-state index contributed by atoms with van der Waals surface area (Å²) in [4.78, 5) is 18.0. The fraction of sp³-hybridized carbons (Fsp3) is 0.458. The van der Waals surface area contributed by atoms with E-state index in [0.29, 0.717) is 25.6 Å². The van der Waals surface area contributed by atoms with Gasteiger partial charge in [-0.25, -0.2) is 16.8 Å². The van der Waals surface area contributed by atoms with Gasteiger partial charge in [-0.05, 0) is 62.8 Å². The predicted octanol–water partition coefficient (Wildman–Crippen LogP) is 3.03. The Labute approximate surface area is 205 Å². The van der Waals surface area contributed by atoms with Crippen molar-refractivity contribution in [2.45, 2.75) is 33.1 Å². The van der Waals surface area contributed by atoms with E-state index in [9.17, 15) is 21.6 Å². The largest absolute Gasteiger partial charge is 0.370 e. The molecule has 0 amide bonds. The van der Waals surface area contributed by atoms with Gasteiger partial charge in [0.05, 0.1) is 17.2 Å². The van der Waals surface area contributed by atoms with E-state index in [-0.39, 0.29) is 22.8 Å². The first-order valence-electron chi connectivity index (χ1n) is 11.8. The van der Waals surface area contributed by atoms with Gasteiger partial charge in [-0.3, -0.25) is 4.79 Å². The highest BCUT2D eigenvalue weighted by Crippen LogP contribution is 2.54. The minimum atomic E-state index is -4.10. The summed E-state index contributed by atoms with van der Waals surface area (Å²) in [6.07, 6.45) is 6.94. The summed E-state index contributed by atoms with van der Waals surface area (Å²) in [6.45, 7) is 4.64. The van der Waals surface area contributed by atoms with E-state index in [2.05, 4.69) is 9.88 Å². The molecule has 2 aromatic heterocycles. The summed E-state index contributed by atoms with van der Waals surface area (Å²) < 4.78 is 53.8. The molecule has 0 unspecified atom stereocenters. The van der Waals surface area contributed by atoms with Gasteiger partial charge in [0, 0.05) is 54.7 Å². The molecule has 2 fully saturated rings. The van der Waals surface area contributed by atoms with Crippen molar-refractivity contribution in [3.8, 4) is 11.1 Å². The number of rotatable bonds is 7. The van der Waals surface area contributed by atoms with E-state index in [0.717, 1.165) is 30.8 Å². The molecule has 1 spiro atoms. The van der Waals surface area contributed by atoms with E-state index in [1.54, 1.807) is 31.6 Å². The highest BCUT2D eigenvalue weighted by molar-refractivity contribution is 8.10. The number of benzene rings is 1. The quantitative estimate of drug-likeness (QED) is 0.515. The molecule has 1 saturated carbocycles. The van der Waals surface area contributed by atoms with Gasteiger partial charge in [0.15, 0.2) is 0 Å². The zero-order chi connectivity index (χ0) is 25.2. The summed E-state index contributed by atoms with van der Waals surface area (Å²) >= 11 is 0. The molecule has 0 radical (unpaired) electrons. The van der Waals surface area contributed by atoms with Gasteiger partial charge in [-0.2, -0.15) is 3.71 Å². The molecule has 1 aliphatic heterocycles. The lowest BCUT2D eigenvalue weighted by molar-refractivity contribution is 0.581. The smallest absolute Gasteiger partial charge is 0.274 e. The lowest BCUT2D eigenvalue weighted by atomic mass is 10.0. The van der Waals surface area contributed by atoms with Crippen molar-refractivity contribution >= 4 is 42.3 Å². The SMILES string of the molecule is CCS(=O)(=O)N(c1ccc(N2CCC3(CC3)C2)c(-c2cn(C)c(=O)c3[nH]ccc23)c1)S(=O)(=O)CC. The summed E-state index contributed by atoms with van der Waals surface area (Å²) in [5.41, 5.74) is 3.04. The molecule has 188 valence electrons. The molecule has 0 bridgehead atoms. The van der Waals surface area contributed by atoms with Crippen molar-refractivity contribution in [2.24, 2.45) is 12.5 Å². The zero-order valence-electron chi connectivity index (χ0n) is 20.1. The van der Waals surface area contributed by atoms with Gasteiger partial charge in [0.25, 0.3) is 5.56 Å². The van der Waals surface area contributed by atoms with Gasteiger partial charge >= 0.3 is 0 Å². The van der Waals surface area contributed by atoms with Crippen molar-refractivity contribution < 1.29 is 16.8 Å². The third-order valence-electron chi connectivity index (χ3n) is 7.35. The van der Waals surface area contributed by atoms with Gasteiger partial charge in [-0.15, -0.1) is 0 Å². The average Bonchev–Trinajstić information content (AvgIpc) is 3.20. The maximum absolute atomic E-state index is 12.9. The first-order valence-corrected chi connectivity index (χ1v) is 15.1. The van der Waals surface area contributed by atoms with Gasteiger partial charge in [0.2, 0.25) is 20.0 Å². The standard InChI is InChI=1S/C24H30N4O5S2/c1-4-34(30,31)28(35(32,33)5-2)17-6-7-21(27-13-11-24(16-27)9-10-24)19(14-17)20-15-26(3)23(29)22-18(20)8-12-25-22/h6-8,12,14-15,25H,4-5,9-11,13,16H2,1-3H3. The fourth-order valence-corrected chi connectivity index (χ4v) is 8.42. The molecule has 2 aliphatic rings. The van der Waals surface area contributed by atoms with Gasteiger partial charge in [0.1, 0.15) is 5.52 Å². The molecular weight excluding hydrogens is 488 g/mol. The lowest BCUT2D eigenvalue weighted by Gasteiger charge is -2.27. The highest BCUT2D eigenvalue weighted by Gasteiger charge is 2.48. The van der Waals surface area contributed by atoms with Crippen LogP contribution in [0.25, 0.3) is 22.0 Å². The second kappa shape index (κ2) is 8.12. The molecule has 1 aliphatic carbocycles. The fourth-order valence-electron chi connectivity index (χ4n) is 5.07. The number of pyridine rings is 1. The maximum Gasteiger partial charge on any atom is 0.274 e. The lowest BCUT2D eigenvalue weighted by Crippen LogP contribution is -2.39. The average molecular weight is 519 g/mol. The van der Waals surface area contributed by atoms with Crippen LogP contribution in [0.4, 0.5) is 11.4 Å². The number of nitrogens with one attached hydrogen (secondary N) is 1. The van der Waals surface area contributed by atoms with Crippen LogP contribution in [0.2, 0.25) is 0 Å².